The number of aryl methyl sites for hydroxylation is 2. The molecule has 0 atom stereocenters. The van der Waals surface area contributed by atoms with Crippen LogP contribution in [0.4, 0.5) is 0 Å². The average molecular weight is 281 g/mol. The summed E-state index contributed by atoms with van der Waals surface area (Å²) in [6, 6.07) is 11.4. The van der Waals surface area contributed by atoms with Gasteiger partial charge in [0.25, 0.3) is 0 Å². The Labute approximate surface area is 122 Å². The van der Waals surface area contributed by atoms with Gasteiger partial charge in [-0.05, 0) is 39.0 Å². The number of rotatable bonds is 2. The largest absolute Gasteiger partial charge is 0.300 e. The van der Waals surface area contributed by atoms with Crippen LogP contribution in [0.3, 0.4) is 0 Å². The second-order valence-corrected chi connectivity index (χ2v) is 4.91. The lowest BCUT2D eigenvalue weighted by molar-refractivity contribution is 0.0936. The Kier molecular flexibility index (Phi) is 3.13. The Morgan fingerprint density at radius 2 is 1.81 bits per heavy atom. The van der Waals surface area contributed by atoms with E-state index >= 15 is 0 Å². The van der Waals surface area contributed by atoms with E-state index < -0.39 is 0 Å². The van der Waals surface area contributed by atoms with Crippen molar-refractivity contribution < 1.29 is 4.79 Å². The van der Waals surface area contributed by atoms with Crippen molar-refractivity contribution >= 4 is 5.91 Å². The lowest BCUT2D eigenvalue weighted by atomic mass is 10.3. The van der Waals surface area contributed by atoms with Crippen molar-refractivity contribution in [2.45, 2.75) is 20.8 Å². The molecule has 0 aliphatic heterocycles. The third-order valence-electron chi connectivity index (χ3n) is 3.30. The molecule has 3 aromatic rings. The Hall–Kier alpha value is -2.76. The molecular weight excluding hydrogens is 266 g/mol. The number of carbonyl (C=O) groups is 1. The van der Waals surface area contributed by atoms with Gasteiger partial charge in [-0.3, -0.25) is 4.79 Å². The number of nitrogens with zero attached hydrogens (tertiary/aromatic N) is 5. The van der Waals surface area contributed by atoms with Crippen LogP contribution in [0.25, 0.3) is 5.69 Å². The molecule has 0 saturated heterocycles. The highest BCUT2D eigenvalue weighted by molar-refractivity contribution is 5.94. The summed E-state index contributed by atoms with van der Waals surface area (Å²) in [5, 5.41) is 12.3. The fraction of sp³-hybridized carbons (Fsp3) is 0.200. The molecule has 0 aliphatic rings. The maximum atomic E-state index is 12.5. The van der Waals surface area contributed by atoms with Crippen LogP contribution in [0.1, 0.15) is 27.6 Å². The van der Waals surface area contributed by atoms with Gasteiger partial charge in [0.2, 0.25) is 0 Å². The molecule has 6 nitrogen and oxygen atoms in total. The molecule has 0 fully saturated rings. The van der Waals surface area contributed by atoms with Gasteiger partial charge < -0.3 is 0 Å². The van der Waals surface area contributed by atoms with Gasteiger partial charge in [0.1, 0.15) is 0 Å². The van der Waals surface area contributed by atoms with Crippen LogP contribution in [-0.2, 0) is 0 Å². The Balaban J connectivity index is 2.03. The topological polar surface area (TPSA) is 65.6 Å². The number of hydrogen-bond donors (Lipinski definition) is 0. The molecule has 0 unspecified atom stereocenters. The van der Waals surface area contributed by atoms with Gasteiger partial charge in [-0.2, -0.15) is 9.78 Å². The first-order chi connectivity index (χ1) is 10.1. The highest BCUT2D eigenvalue weighted by Crippen LogP contribution is 2.13. The van der Waals surface area contributed by atoms with E-state index in [9.17, 15) is 4.79 Å². The molecule has 0 aliphatic carbocycles. The fourth-order valence-corrected chi connectivity index (χ4v) is 2.28. The summed E-state index contributed by atoms with van der Waals surface area (Å²) >= 11 is 0. The van der Waals surface area contributed by atoms with Gasteiger partial charge in [-0.25, -0.2) is 4.68 Å². The molecule has 1 aromatic carbocycles. The molecule has 0 saturated carbocycles. The zero-order chi connectivity index (χ0) is 15.0. The van der Waals surface area contributed by atoms with Crippen molar-refractivity contribution in [3.05, 3.63) is 59.2 Å². The zero-order valence-electron chi connectivity index (χ0n) is 12.1. The number of aromatic nitrogens is 5. The second kappa shape index (κ2) is 4.97. The molecule has 106 valence electrons. The summed E-state index contributed by atoms with van der Waals surface area (Å²) in [6.45, 7) is 5.52. The smallest absolute Gasteiger partial charge is 0.265 e. The van der Waals surface area contributed by atoms with Gasteiger partial charge in [-0.1, -0.05) is 23.4 Å². The molecule has 2 heterocycles. The van der Waals surface area contributed by atoms with E-state index in [0.29, 0.717) is 11.4 Å². The maximum absolute atomic E-state index is 12.5. The normalized spacial score (nSPS) is 10.8. The molecular formula is C15H15N5O. The Morgan fingerprint density at radius 3 is 2.43 bits per heavy atom. The lowest BCUT2D eigenvalue weighted by Crippen LogP contribution is -2.17. The first kappa shape index (κ1) is 13.2. The number of benzene rings is 1. The first-order valence-corrected chi connectivity index (χ1v) is 6.63. The molecule has 0 radical (unpaired) electrons. The Morgan fingerprint density at radius 1 is 1.10 bits per heavy atom. The Bertz CT molecular complexity index is 801. The molecule has 0 spiro atoms. The van der Waals surface area contributed by atoms with Crippen molar-refractivity contribution in [2.75, 3.05) is 0 Å². The first-order valence-electron chi connectivity index (χ1n) is 6.63. The predicted octanol–water partition coefficient (Wildman–Crippen LogP) is 2.08. The van der Waals surface area contributed by atoms with Crippen molar-refractivity contribution in [3.8, 4) is 5.69 Å². The highest BCUT2D eigenvalue weighted by Gasteiger charge is 2.21. The van der Waals surface area contributed by atoms with Crippen LogP contribution >= 0.6 is 0 Å². The summed E-state index contributed by atoms with van der Waals surface area (Å²) in [5.41, 5.74) is 3.46. The van der Waals surface area contributed by atoms with Crippen LogP contribution in [0, 0.1) is 20.8 Å². The van der Waals surface area contributed by atoms with Gasteiger partial charge >= 0.3 is 5.91 Å². The summed E-state index contributed by atoms with van der Waals surface area (Å²) in [5.74, 6) is -0.264. The fourth-order valence-electron chi connectivity index (χ4n) is 2.28. The van der Waals surface area contributed by atoms with E-state index in [4.69, 9.17) is 0 Å². The second-order valence-electron chi connectivity index (χ2n) is 4.91. The van der Waals surface area contributed by atoms with Gasteiger partial charge in [-0.15, -0.1) is 5.10 Å². The monoisotopic (exact) mass is 281 g/mol. The summed E-state index contributed by atoms with van der Waals surface area (Å²) in [6.07, 6.45) is 0. The lowest BCUT2D eigenvalue weighted by Gasteiger charge is -2.03. The minimum atomic E-state index is -0.264. The summed E-state index contributed by atoms with van der Waals surface area (Å²) in [7, 11) is 0. The van der Waals surface area contributed by atoms with Crippen molar-refractivity contribution in [1.82, 2.24) is 24.8 Å². The molecule has 0 amide bonds. The van der Waals surface area contributed by atoms with Gasteiger partial charge in [0.05, 0.1) is 17.1 Å². The number of hydrogen-bond acceptors (Lipinski definition) is 4. The van der Waals surface area contributed by atoms with E-state index in [-0.39, 0.29) is 5.91 Å². The molecule has 6 heteroatoms. The van der Waals surface area contributed by atoms with Crippen molar-refractivity contribution in [3.63, 3.8) is 0 Å². The molecule has 2 aromatic heterocycles. The quantitative estimate of drug-likeness (QED) is 0.721. The van der Waals surface area contributed by atoms with Crippen LogP contribution in [0.15, 0.2) is 36.4 Å². The summed E-state index contributed by atoms with van der Waals surface area (Å²) in [4.78, 5) is 12.5. The summed E-state index contributed by atoms with van der Waals surface area (Å²) < 4.78 is 3.01. The van der Waals surface area contributed by atoms with E-state index in [0.717, 1.165) is 17.1 Å². The van der Waals surface area contributed by atoms with E-state index in [1.165, 1.54) is 4.68 Å². The highest BCUT2D eigenvalue weighted by atomic mass is 16.2. The SMILES string of the molecule is Cc1cc(C)n(C(=O)c2nnn(-c3ccccc3)c2C)n1. The average Bonchev–Trinajstić information content (AvgIpc) is 3.02. The minimum absolute atomic E-state index is 0.264. The van der Waals surface area contributed by atoms with E-state index in [1.807, 2.05) is 57.2 Å². The van der Waals surface area contributed by atoms with Crippen LogP contribution in [0.2, 0.25) is 0 Å². The van der Waals surface area contributed by atoms with E-state index in [1.54, 1.807) is 4.68 Å². The number of carbonyl (C=O) groups excluding carboxylic acids is 1. The molecule has 0 bridgehead atoms. The van der Waals surface area contributed by atoms with Crippen LogP contribution < -0.4 is 0 Å². The zero-order valence-corrected chi connectivity index (χ0v) is 12.1. The molecule has 3 rings (SSSR count). The van der Waals surface area contributed by atoms with Crippen LogP contribution in [-0.4, -0.2) is 30.7 Å². The standard InChI is InChI=1S/C15H15N5O/c1-10-9-11(2)19(17-10)15(21)14-12(3)20(18-16-14)13-7-5-4-6-8-13/h4-9H,1-3H3. The van der Waals surface area contributed by atoms with Gasteiger partial charge in [0, 0.05) is 5.69 Å². The molecule has 0 N–H and O–H groups in total. The maximum Gasteiger partial charge on any atom is 0.300 e. The van der Waals surface area contributed by atoms with Crippen molar-refractivity contribution in [1.29, 1.82) is 0 Å². The molecule has 21 heavy (non-hydrogen) atoms. The third-order valence-corrected chi connectivity index (χ3v) is 3.30. The van der Waals surface area contributed by atoms with Gasteiger partial charge in [0.15, 0.2) is 5.69 Å². The third kappa shape index (κ3) is 2.24. The van der Waals surface area contributed by atoms with Crippen molar-refractivity contribution in [2.24, 2.45) is 0 Å². The van der Waals surface area contributed by atoms with E-state index in [2.05, 4.69) is 15.4 Å². The minimum Gasteiger partial charge on any atom is -0.265 e. The number of para-hydroxylation sites is 1. The predicted molar refractivity (Wildman–Crippen MR) is 77.5 cm³/mol. The van der Waals surface area contributed by atoms with Crippen LogP contribution in [0.5, 0.6) is 0 Å².